The molecule has 0 spiro atoms. The molecule has 0 fully saturated rings. The Balaban J connectivity index is 2.34. The molecule has 1 heterocycles. The van der Waals surface area contributed by atoms with Crippen molar-refractivity contribution in [3.8, 4) is 0 Å². The molecule has 0 aliphatic carbocycles. The van der Waals surface area contributed by atoms with Crippen molar-refractivity contribution in [3.05, 3.63) is 52.1 Å². The summed E-state index contributed by atoms with van der Waals surface area (Å²) in [6.07, 6.45) is 1.64. The highest BCUT2D eigenvalue weighted by atomic mass is 16.1. The third-order valence-corrected chi connectivity index (χ3v) is 2.63. The SMILES string of the molecule is Cc1ccc(Cn2c(N)cn(C)c2=O)cc1. The number of benzene rings is 1. The van der Waals surface area contributed by atoms with Gasteiger partial charge in [-0.2, -0.15) is 0 Å². The molecule has 1 aromatic carbocycles. The first kappa shape index (κ1) is 10.5. The van der Waals surface area contributed by atoms with Crippen molar-refractivity contribution in [2.24, 2.45) is 7.05 Å². The minimum absolute atomic E-state index is 0.0851. The molecule has 4 heteroatoms. The zero-order valence-electron chi connectivity index (χ0n) is 9.47. The van der Waals surface area contributed by atoms with Crippen molar-refractivity contribution in [2.45, 2.75) is 13.5 Å². The van der Waals surface area contributed by atoms with Crippen LogP contribution in [0.15, 0.2) is 35.3 Å². The average Bonchev–Trinajstić information content (AvgIpc) is 2.48. The second kappa shape index (κ2) is 3.89. The number of aromatic nitrogens is 2. The van der Waals surface area contributed by atoms with Crippen LogP contribution in [0, 0.1) is 6.92 Å². The summed E-state index contributed by atoms with van der Waals surface area (Å²) in [4.78, 5) is 11.7. The minimum atomic E-state index is -0.0851. The normalized spacial score (nSPS) is 10.6. The lowest BCUT2D eigenvalue weighted by Crippen LogP contribution is -2.23. The third-order valence-electron chi connectivity index (χ3n) is 2.63. The molecule has 2 N–H and O–H groups in total. The van der Waals surface area contributed by atoms with E-state index in [9.17, 15) is 4.79 Å². The molecular formula is C12H15N3O. The lowest BCUT2D eigenvalue weighted by Gasteiger charge is -2.04. The third kappa shape index (κ3) is 1.86. The summed E-state index contributed by atoms with van der Waals surface area (Å²) < 4.78 is 3.05. The summed E-state index contributed by atoms with van der Waals surface area (Å²) in [6, 6.07) is 8.07. The topological polar surface area (TPSA) is 52.9 Å². The first-order valence-electron chi connectivity index (χ1n) is 5.15. The highest BCUT2D eigenvalue weighted by molar-refractivity contribution is 5.29. The van der Waals surface area contributed by atoms with Crippen LogP contribution in [0.2, 0.25) is 0 Å². The molecule has 0 saturated carbocycles. The molecule has 16 heavy (non-hydrogen) atoms. The van der Waals surface area contributed by atoms with Crippen molar-refractivity contribution < 1.29 is 0 Å². The number of nitrogens with two attached hydrogens (primary N) is 1. The van der Waals surface area contributed by atoms with Crippen molar-refractivity contribution >= 4 is 5.82 Å². The highest BCUT2D eigenvalue weighted by Gasteiger charge is 2.06. The van der Waals surface area contributed by atoms with Crippen molar-refractivity contribution in [3.63, 3.8) is 0 Å². The maximum atomic E-state index is 11.7. The Morgan fingerprint density at radius 2 is 1.88 bits per heavy atom. The summed E-state index contributed by atoms with van der Waals surface area (Å²) in [5.74, 6) is 0.494. The number of rotatable bonds is 2. The molecule has 0 unspecified atom stereocenters. The van der Waals surface area contributed by atoms with E-state index in [1.807, 2.05) is 31.2 Å². The Labute approximate surface area is 93.9 Å². The Morgan fingerprint density at radius 3 is 2.38 bits per heavy atom. The van der Waals surface area contributed by atoms with E-state index in [0.717, 1.165) is 5.56 Å². The van der Waals surface area contributed by atoms with Crippen LogP contribution in [-0.4, -0.2) is 9.13 Å². The van der Waals surface area contributed by atoms with Crippen LogP contribution in [0.4, 0.5) is 5.82 Å². The quantitative estimate of drug-likeness (QED) is 0.819. The van der Waals surface area contributed by atoms with Gasteiger partial charge < -0.3 is 10.3 Å². The molecule has 1 aromatic heterocycles. The number of hydrogen-bond donors (Lipinski definition) is 1. The summed E-state index contributed by atoms with van der Waals surface area (Å²) in [5, 5.41) is 0. The first-order chi connectivity index (χ1) is 7.58. The van der Waals surface area contributed by atoms with Crippen molar-refractivity contribution in [2.75, 3.05) is 5.73 Å². The Hall–Kier alpha value is -1.97. The lowest BCUT2D eigenvalue weighted by molar-refractivity contribution is 0.723. The second-order valence-corrected chi connectivity index (χ2v) is 4.02. The van der Waals surface area contributed by atoms with Crippen LogP contribution in [0.5, 0.6) is 0 Å². The highest BCUT2D eigenvalue weighted by Crippen LogP contribution is 2.07. The van der Waals surface area contributed by atoms with E-state index < -0.39 is 0 Å². The van der Waals surface area contributed by atoms with E-state index in [4.69, 9.17) is 5.73 Å². The predicted octanol–water partition coefficient (Wildman–Crippen LogP) is 1.13. The monoisotopic (exact) mass is 217 g/mol. The van der Waals surface area contributed by atoms with Gasteiger partial charge in [-0.1, -0.05) is 29.8 Å². The standard InChI is InChI=1S/C12H15N3O/c1-9-3-5-10(6-4-9)7-15-11(13)8-14(2)12(15)16/h3-6,8H,7,13H2,1-2H3. The van der Waals surface area contributed by atoms with Gasteiger partial charge in [-0.05, 0) is 12.5 Å². The van der Waals surface area contributed by atoms with E-state index in [2.05, 4.69) is 0 Å². The lowest BCUT2D eigenvalue weighted by atomic mass is 10.1. The van der Waals surface area contributed by atoms with Crippen LogP contribution >= 0.6 is 0 Å². The molecule has 0 amide bonds. The van der Waals surface area contributed by atoms with Gasteiger partial charge in [0, 0.05) is 13.2 Å². The van der Waals surface area contributed by atoms with Gasteiger partial charge >= 0.3 is 5.69 Å². The average molecular weight is 217 g/mol. The number of imidazole rings is 1. The Kier molecular flexibility index (Phi) is 2.56. The maximum Gasteiger partial charge on any atom is 0.329 e. The van der Waals surface area contributed by atoms with Gasteiger partial charge in [0.1, 0.15) is 5.82 Å². The van der Waals surface area contributed by atoms with E-state index >= 15 is 0 Å². The van der Waals surface area contributed by atoms with E-state index in [1.54, 1.807) is 17.8 Å². The number of hydrogen-bond acceptors (Lipinski definition) is 2. The fourth-order valence-corrected chi connectivity index (χ4v) is 1.66. The summed E-state index contributed by atoms with van der Waals surface area (Å²) in [5.41, 5.74) is 7.96. The van der Waals surface area contributed by atoms with E-state index in [1.165, 1.54) is 10.1 Å². The number of aryl methyl sites for hydroxylation is 2. The molecular weight excluding hydrogens is 202 g/mol. The predicted molar refractivity (Wildman–Crippen MR) is 64.4 cm³/mol. The van der Waals surface area contributed by atoms with Crippen LogP contribution in [0.25, 0.3) is 0 Å². The Bertz CT molecular complexity index is 549. The maximum absolute atomic E-state index is 11.7. The Morgan fingerprint density at radius 1 is 1.25 bits per heavy atom. The fraction of sp³-hybridized carbons (Fsp3) is 0.250. The van der Waals surface area contributed by atoms with Gasteiger partial charge in [0.25, 0.3) is 0 Å². The molecule has 0 aliphatic rings. The van der Waals surface area contributed by atoms with Crippen LogP contribution < -0.4 is 11.4 Å². The number of nitrogens with zero attached hydrogens (tertiary/aromatic N) is 2. The zero-order chi connectivity index (χ0) is 11.7. The number of anilines is 1. The molecule has 0 bridgehead atoms. The summed E-state index contributed by atoms with van der Waals surface area (Å²) in [6.45, 7) is 2.55. The van der Waals surface area contributed by atoms with Crippen LogP contribution in [-0.2, 0) is 13.6 Å². The molecule has 0 aliphatic heterocycles. The van der Waals surface area contributed by atoms with Crippen molar-refractivity contribution in [1.29, 1.82) is 0 Å². The van der Waals surface area contributed by atoms with Gasteiger partial charge in [-0.3, -0.25) is 4.57 Å². The van der Waals surface area contributed by atoms with Crippen molar-refractivity contribution in [1.82, 2.24) is 9.13 Å². The van der Waals surface area contributed by atoms with Crippen LogP contribution in [0.1, 0.15) is 11.1 Å². The largest absolute Gasteiger partial charge is 0.384 e. The minimum Gasteiger partial charge on any atom is -0.384 e. The van der Waals surface area contributed by atoms with E-state index in [0.29, 0.717) is 12.4 Å². The molecule has 0 saturated heterocycles. The molecule has 2 rings (SSSR count). The molecule has 0 atom stereocenters. The smallest absolute Gasteiger partial charge is 0.329 e. The zero-order valence-corrected chi connectivity index (χ0v) is 9.47. The van der Waals surface area contributed by atoms with Gasteiger partial charge in [-0.15, -0.1) is 0 Å². The number of nitrogen functional groups attached to an aromatic ring is 1. The summed E-state index contributed by atoms with van der Waals surface area (Å²) in [7, 11) is 1.70. The molecule has 0 radical (unpaired) electrons. The van der Waals surface area contributed by atoms with Gasteiger partial charge in [0.05, 0.1) is 6.54 Å². The molecule has 4 nitrogen and oxygen atoms in total. The van der Waals surface area contributed by atoms with Gasteiger partial charge in [0.15, 0.2) is 0 Å². The molecule has 2 aromatic rings. The second-order valence-electron chi connectivity index (χ2n) is 4.02. The first-order valence-corrected chi connectivity index (χ1v) is 5.15. The van der Waals surface area contributed by atoms with E-state index in [-0.39, 0.29) is 5.69 Å². The van der Waals surface area contributed by atoms with Gasteiger partial charge in [-0.25, -0.2) is 4.79 Å². The molecule has 84 valence electrons. The fourth-order valence-electron chi connectivity index (χ4n) is 1.66. The van der Waals surface area contributed by atoms with Crippen LogP contribution in [0.3, 0.4) is 0 Å². The van der Waals surface area contributed by atoms with Gasteiger partial charge in [0.2, 0.25) is 0 Å². The summed E-state index contributed by atoms with van der Waals surface area (Å²) >= 11 is 0.